The van der Waals surface area contributed by atoms with Crippen LogP contribution in [-0.2, 0) is 4.74 Å². The second kappa shape index (κ2) is 7.55. The van der Waals surface area contributed by atoms with E-state index < -0.39 is 0 Å². The van der Waals surface area contributed by atoms with Crippen LogP contribution in [0.15, 0.2) is 0 Å². The third-order valence-corrected chi connectivity index (χ3v) is 3.70. The van der Waals surface area contributed by atoms with Crippen molar-refractivity contribution >= 4 is 11.8 Å². The molecule has 0 bridgehead atoms. The van der Waals surface area contributed by atoms with Gasteiger partial charge in [0.05, 0.1) is 12.7 Å². The van der Waals surface area contributed by atoms with Gasteiger partial charge >= 0.3 is 0 Å². The highest BCUT2D eigenvalue weighted by Gasteiger charge is 2.23. The Morgan fingerprint density at radius 2 is 2.14 bits per heavy atom. The molecule has 14 heavy (non-hydrogen) atoms. The molecule has 0 saturated heterocycles. The molecular formula is C11H23NOS. The van der Waals surface area contributed by atoms with Crippen LogP contribution in [0, 0.1) is 0 Å². The largest absolute Gasteiger partial charge is 0.376 e. The van der Waals surface area contributed by atoms with Crippen molar-refractivity contribution in [2.24, 2.45) is 0 Å². The second-order valence-corrected chi connectivity index (χ2v) is 5.18. The van der Waals surface area contributed by atoms with Gasteiger partial charge in [-0.25, -0.2) is 0 Å². The molecule has 1 rings (SSSR count). The van der Waals surface area contributed by atoms with Crippen LogP contribution in [-0.4, -0.2) is 37.3 Å². The molecule has 84 valence electrons. The maximum atomic E-state index is 5.91. The highest BCUT2D eigenvalue weighted by molar-refractivity contribution is 7.99. The molecule has 1 N–H and O–H groups in total. The summed E-state index contributed by atoms with van der Waals surface area (Å²) in [6.45, 7) is 3.11. The van der Waals surface area contributed by atoms with Gasteiger partial charge in [-0.3, -0.25) is 0 Å². The van der Waals surface area contributed by atoms with Crippen molar-refractivity contribution in [2.45, 2.75) is 44.8 Å². The molecule has 0 aromatic heterocycles. The molecule has 1 saturated carbocycles. The molecule has 1 aliphatic carbocycles. The molecule has 0 amide bonds. The first-order valence-corrected chi connectivity index (χ1v) is 6.90. The van der Waals surface area contributed by atoms with Gasteiger partial charge in [0.2, 0.25) is 0 Å². The van der Waals surface area contributed by atoms with Crippen LogP contribution in [0.4, 0.5) is 0 Å². The topological polar surface area (TPSA) is 21.3 Å². The lowest BCUT2D eigenvalue weighted by molar-refractivity contribution is 0.0159. The summed E-state index contributed by atoms with van der Waals surface area (Å²) in [6.07, 6.45) is 5.68. The maximum absolute atomic E-state index is 5.91. The smallest absolute Gasteiger partial charge is 0.0728 e. The van der Waals surface area contributed by atoms with Crippen LogP contribution in [0.1, 0.15) is 32.6 Å². The third-order valence-electron chi connectivity index (χ3n) is 2.84. The van der Waals surface area contributed by atoms with Gasteiger partial charge in [-0.15, -0.1) is 0 Å². The van der Waals surface area contributed by atoms with Gasteiger partial charge < -0.3 is 10.1 Å². The van der Waals surface area contributed by atoms with Gasteiger partial charge in [0.25, 0.3) is 0 Å². The van der Waals surface area contributed by atoms with Gasteiger partial charge in [-0.05, 0) is 25.6 Å². The number of rotatable bonds is 6. The lowest BCUT2D eigenvalue weighted by Gasteiger charge is -2.31. The average Bonchev–Trinajstić information content (AvgIpc) is 2.25. The van der Waals surface area contributed by atoms with E-state index in [2.05, 4.69) is 12.2 Å². The Bertz CT molecular complexity index is 143. The molecule has 1 fully saturated rings. The molecule has 3 heteroatoms. The second-order valence-electron chi connectivity index (χ2n) is 3.79. The number of hydrogen-bond acceptors (Lipinski definition) is 3. The van der Waals surface area contributed by atoms with E-state index in [-0.39, 0.29) is 0 Å². The van der Waals surface area contributed by atoms with Crippen LogP contribution < -0.4 is 5.32 Å². The fraction of sp³-hybridized carbons (Fsp3) is 1.00. The van der Waals surface area contributed by atoms with Crippen LogP contribution in [0.25, 0.3) is 0 Å². The van der Waals surface area contributed by atoms with Crippen molar-refractivity contribution in [1.29, 1.82) is 0 Å². The van der Waals surface area contributed by atoms with E-state index in [1.807, 2.05) is 18.8 Å². The Morgan fingerprint density at radius 3 is 2.86 bits per heavy atom. The van der Waals surface area contributed by atoms with Crippen molar-refractivity contribution in [3.8, 4) is 0 Å². The van der Waals surface area contributed by atoms with Gasteiger partial charge in [-0.2, -0.15) is 11.8 Å². The van der Waals surface area contributed by atoms with E-state index in [0.717, 1.165) is 12.4 Å². The van der Waals surface area contributed by atoms with Crippen molar-refractivity contribution in [3.63, 3.8) is 0 Å². The number of ether oxygens (including phenoxy) is 1. The monoisotopic (exact) mass is 217 g/mol. The highest BCUT2D eigenvalue weighted by atomic mass is 32.2. The summed E-state index contributed by atoms with van der Waals surface area (Å²) in [5.41, 5.74) is 0. The molecule has 0 heterocycles. The van der Waals surface area contributed by atoms with E-state index in [4.69, 9.17) is 4.74 Å². The Hall–Kier alpha value is 0.270. The zero-order chi connectivity index (χ0) is 10.2. The fourth-order valence-electron chi connectivity index (χ4n) is 2.03. The molecule has 2 unspecified atom stereocenters. The Labute approximate surface area is 92.2 Å². The standard InChI is InChI=1S/C11H23NOS/c1-3-14-9-8-13-11-7-5-4-6-10(11)12-2/h10-12H,3-9H2,1-2H3. The minimum Gasteiger partial charge on any atom is -0.376 e. The summed E-state index contributed by atoms with van der Waals surface area (Å²) in [5, 5.41) is 3.36. The molecule has 0 aromatic rings. The number of likely N-dealkylation sites (N-methyl/N-ethyl adjacent to an activating group) is 1. The predicted octanol–water partition coefficient (Wildman–Crippen LogP) is 2.29. The van der Waals surface area contributed by atoms with Crippen LogP contribution in [0.3, 0.4) is 0 Å². The lowest BCUT2D eigenvalue weighted by Crippen LogP contribution is -2.42. The molecule has 0 aromatic carbocycles. The molecule has 0 radical (unpaired) electrons. The fourth-order valence-corrected chi connectivity index (χ4v) is 2.53. The summed E-state index contributed by atoms with van der Waals surface area (Å²) < 4.78 is 5.91. The summed E-state index contributed by atoms with van der Waals surface area (Å²) in [7, 11) is 2.05. The Balaban J connectivity index is 2.13. The molecule has 0 aliphatic heterocycles. The highest BCUT2D eigenvalue weighted by Crippen LogP contribution is 2.21. The summed E-state index contributed by atoms with van der Waals surface area (Å²) >= 11 is 1.96. The molecule has 2 atom stereocenters. The Kier molecular flexibility index (Phi) is 6.65. The zero-order valence-electron chi connectivity index (χ0n) is 9.42. The van der Waals surface area contributed by atoms with Gasteiger partial charge in [0.15, 0.2) is 0 Å². The van der Waals surface area contributed by atoms with E-state index in [9.17, 15) is 0 Å². The third kappa shape index (κ3) is 4.20. The van der Waals surface area contributed by atoms with Crippen LogP contribution >= 0.6 is 11.8 Å². The van der Waals surface area contributed by atoms with E-state index in [1.165, 1.54) is 31.4 Å². The molecular weight excluding hydrogens is 194 g/mol. The summed E-state index contributed by atoms with van der Waals surface area (Å²) in [4.78, 5) is 0. The Morgan fingerprint density at radius 1 is 1.36 bits per heavy atom. The molecule has 2 nitrogen and oxygen atoms in total. The average molecular weight is 217 g/mol. The summed E-state index contributed by atoms with van der Waals surface area (Å²) in [5.74, 6) is 2.34. The molecule has 0 spiro atoms. The van der Waals surface area contributed by atoms with Crippen molar-refractivity contribution in [1.82, 2.24) is 5.32 Å². The van der Waals surface area contributed by atoms with Crippen LogP contribution in [0.2, 0.25) is 0 Å². The minimum atomic E-state index is 0.464. The van der Waals surface area contributed by atoms with Crippen molar-refractivity contribution in [2.75, 3.05) is 25.2 Å². The summed E-state index contributed by atoms with van der Waals surface area (Å²) in [6, 6.07) is 0.593. The van der Waals surface area contributed by atoms with Gasteiger partial charge in [0.1, 0.15) is 0 Å². The molecule has 1 aliphatic rings. The quantitative estimate of drug-likeness (QED) is 0.690. The van der Waals surface area contributed by atoms with Crippen molar-refractivity contribution < 1.29 is 4.74 Å². The number of nitrogens with one attached hydrogen (secondary N) is 1. The minimum absolute atomic E-state index is 0.464. The lowest BCUT2D eigenvalue weighted by atomic mass is 9.92. The van der Waals surface area contributed by atoms with Gasteiger partial charge in [-0.1, -0.05) is 19.8 Å². The van der Waals surface area contributed by atoms with E-state index >= 15 is 0 Å². The first kappa shape index (κ1) is 12.3. The maximum Gasteiger partial charge on any atom is 0.0728 e. The van der Waals surface area contributed by atoms with Gasteiger partial charge in [0, 0.05) is 11.8 Å². The van der Waals surface area contributed by atoms with Crippen LogP contribution in [0.5, 0.6) is 0 Å². The SMILES string of the molecule is CCSCCOC1CCCCC1NC. The van der Waals surface area contributed by atoms with E-state index in [0.29, 0.717) is 12.1 Å². The number of thioether (sulfide) groups is 1. The van der Waals surface area contributed by atoms with E-state index in [1.54, 1.807) is 0 Å². The zero-order valence-corrected chi connectivity index (χ0v) is 10.2. The first-order valence-electron chi connectivity index (χ1n) is 5.75. The number of hydrogen-bond donors (Lipinski definition) is 1. The predicted molar refractivity (Wildman–Crippen MR) is 64.1 cm³/mol. The normalized spacial score (nSPS) is 27.9. The van der Waals surface area contributed by atoms with Crippen molar-refractivity contribution in [3.05, 3.63) is 0 Å². The first-order chi connectivity index (χ1) is 6.88.